The topological polar surface area (TPSA) is 371 Å². The highest BCUT2D eigenvalue weighted by Gasteiger charge is 2.24. The quantitative estimate of drug-likeness (QED) is 0.169. The van der Waals surface area contributed by atoms with Gasteiger partial charge >= 0.3 is 23.3 Å². The van der Waals surface area contributed by atoms with Crippen molar-refractivity contribution in [3.05, 3.63) is 142 Å². The number of nitro benzene ring substituents is 4. The van der Waals surface area contributed by atoms with E-state index in [2.05, 4.69) is 9.97 Å². The van der Waals surface area contributed by atoms with Crippen LogP contribution in [0, 0.1) is 40.5 Å². The van der Waals surface area contributed by atoms with Crippen molar-refractivity contribution in [1.29, 1.82) is 0 Å². The third kappa shape index (κ3) is 8.80. The minimum absolute atomic E-state index is 0.317. The molecule has 4 heterocycles. The Balaban J connectivity index is 0.000000207. The predicted molar refractivity (Wildman–Crippen MR) is 196 cm³/mol. The van der Waals surface area contributed by atoms with E-state index in [-0.39, 0.29) is 22.5 Å². The number of fused-ring (bicyclic) bond motifs is 2. The van der Waals surface area contributed by atoms with Gasteiger partial charge in [-0.25, -0.2) is 29.1 Å². The Morgan fingerprint density at radius 1 is 0.534 bits per heavy atom. The summed E-state index contributed by atoms with van der Waals surface area (Å²) in [6.45, 7) is 0. The summed E-state index contributed by atoms with van der Waals surface area (Å²) in [5.41, 5.74) is -3.43. The Morgan fingerprint density at radius 2 is 0.845 bits per heavy atom. The summed E-state index contributed by atoms with van der Waals surface area (Å²) >= 11 is 0. The number of aromatic carboxylic acids is 2. The van der Waals surface area contributed by atoms with E-state index >= 15 is 0 Å². The number of non-ortho nitro benzene ring substituents is 2. The molecule has 6 rings (SSSR count). The molecule has 2 aromatic carbocycles. The molecule has 28 heteroatoms. The average molecular weight is 813 g/mol. The van der Waals surface area contributed by atoms with Gasteiger partial charge in [-0.3, -0.25) is 68.3 Å². The molecule has 58 heavy (non-hydrogen) atoms. The van der Waals surface area contributed by atoms with E-state index in [9.17, 15) is 69.2 Å². The molecule has 0 bridgehead atoms. The molecule has 304 valence electrons. The van der Waals surface area contributed by atoms with Crippen molar-refractivity contribution >= 4 is 57.0 Å². The fraction of sp³-hybridized carbons (Fsp3) is 0.200. The van der Waals surface area contributed by atoms with Crippen molar-refractivity contribution < 1.29 is 39.5 Å². The first-order valence-corrected chi connectivity index (χ1v) is 15.4. The lowest BCUT2D eigenvalue weighted by Crippen LogP contribution is -2.37. The van der Waals surface area contributed by atoms with E-state index in [1.54, 1.807) is 37.3 Å². The number of benzene rings is 2. The Kier molecular flexibility index (Phi) is 12.9. The molecule has 0 amide bonds. The molecule has 0 unspecified atom stereocenters. The molecular formula is C30H28N12O16. The number of aryl methyl sites for hydroxylation is 4. The molecule has 4 aromatic heterocycles. The Morgan fingerprint density at radius 3 is 1.10 bits per heavy atom. The SMILES string of the molecule is Cn1c(=O)c2c(ncn2C)n(C)c1=O.Cn1c(=O)c2c(ncn2C)n(C)c1=O.O=C(O)c1ccc([N+](=O)[O-])cc1[N+](=O)[O-].O=C(O)c1ccc([N+](=O)[O-])cc1[N+](=O)[O-]. The van der Waals surface area contributed by atoms with E-state index in [0.717, 1.165) is 33.4 Å². The van der Waals surface area contributed by atoms with Crippen LogP contribution in [0.3, 0.4) is 0 Å². The van der Waals surface area contributed by atoms with Crippen LogP contribution in [0.1, 0.15) is 20.7 Å². The summed E-state index contributed by atoms with van der Waals surface area (Å²) in [4.78, 5) is 113. The van der Waals surface area contributed by atoms with E-state index in [0.29, 0.717) is 34.5 Å². The van der Waals surface area contributed by atoms with Gasteiger partial charge in [0.25, 0.3) is 33.9 Å². The molecular weight excluding hydrogens is 784 g/mol. The number of carboxylic acids is 2. The lowest BCUT2D eigenvalue weighted by molar-refractivity contribution is -0.394. The highest BCUT2D eigenvalue weighted by atomic mass is 16.6. The zero-order valence-corrected chi connectivity index (χ0v) is 30.6. The van der Waals surface area contributed by atoms with Crippen molar-refractivity contribution in [3.63, 3.8) is 0 Å². The van der Waals surface area contributed by atoms with Gasteiger partial charge in [-0.15, -0.1) is 0 Å². The van der Waals surface area contributed by atoms with Gasteiger partial charge in [0.05, 0.1) is 44.5 Å². The first-order chi connectivity index (χ1) is 26.9. The molecule has 0 saturated carbocycles. The van der Waals surface area contributed by atoms with Gasteiger partial charge in [0.15, 0.2) is 22.3 Å². The summed E-state index contributed by atoms with van der Waals surface area (Å²) in [6.07, 6.45) is 3.04. The number of rotatable bonds is 6. The highest BCUT2D eigenvalue weighted by molar-refractivity contribution is 5.93. The largest absolute Gasteiger partial charge is 0.477 e. The maximum atomic E-state index is 11.7. The third-order valence-electron chi connectivity index (χ3n) is 7.87. The number of aromatic nitrogens is 8. The van der Waals surface area contributed by atoms with Crippen LogP contribution in [-0.4, -0.2) is 79.2 Å². The Hall–Kier alpha value is -8.72. The zero-order chi connectivity index (χ0) is 44.1. The maximum Gasteiger partial charge on any atom is 0.342 e. The number of hydrogen-bond acceptors (Lipinski definition) is 16. The monoisotopic (exact) mass is 812 g/mol. The second-order valence-electron chi connectivity index (χ2n) is 11.5. The van der Waals surface area contributed by atoms with E-state index < -0.39 is 65.5 Å². The summed E-state index contributed by atoms with van der Waals surface area (Å²) in [6, 6.07) is 4.69. The molecule has 0 fully saturated rings. The van der Waals surface area contributed by atoms with Gasteiger partial charge in [-0.2, -0.15) is 0 Å². The summed E-state index contributed by atoms with van der Waals surface area (Å²) < 4.78 is 8.08. The third-order valence-corrected chi connectivity index (χ3v) is 7.87. The normalized spacial score (nSPS) is 10.3. The molecule has 0 radical (unpaired) electrons. The predicted octanol–water partition coefficient (Wildman–Crippen LogP) is 0.344. The van der Waals surface area contributed by atoms with Crippen LogP contribution in [0.5, 0.6) is 0 Å². The van der Waals surface area contributed by atoms with Crippen LogP contribution in [0.25, 0.3) is 22.3 Å². The van der Waals surface area contributed by atoms with Crippen LogP contribution >= 0.6 is 0 Å². The Labute approximate surface area is 318 Å². The molecule has 0 aliphatic rings. The molecule has 0 spiro atoms. The van der Waals surface area contributed by atoms with Crippen LogP contribution in [-0.2, 0) is 42.3 Å². The number of hydrogen-bond donors (Lipinski definition) is 2. The number of carbonyl (C=O) groups is 2. The summed E-state index contributed by atoms with van der Waals surface area (Å²) in [5, 5.41) is 58.6. The van der Waals surface area contributed by atoms with Crippen LogP contribution in [0.4, 0.5) is 22.7 Å². The molecule has 6 aromatic rings. The number of imidazole rings is 2. The van der Waals surface area contributed by atoms with Crippen LogP contribution < -0.4 is 22.5 Å². The van der Waals surface area contributed by atoms with E-state index in [1.807, 2.05) is 0 Å². The van der Waals surface area contributed by atoms with Crippen molar-refractivity contribution in [1.82, 2.24) is 37.4 Å². The molecule has 2 N–H and O–H groups in total. The van der Waals surface area contributed by atoms with E-state index in [1.165, 1.54) is 35.9 Å². The first-order valence-electron chi connectivity index (χ1n) is 15.4. The van der Waals surface area contributed by atoms with E-state index in [4.69, 9.17) is 10.2 Å². The molecule has 0 saturated heterocycles. The highest BCUT2D eigenvalue weighted by Crippen LogP contribution is 2.25. The summed E-state index contributed by atoms with van der Waals surface area (Å²) in [5.74, 6) is -3.01. The smallest absolute Gasteiger partial charge is 0.342 e. The van der Waals surface area contributed by atoms with Gasteiger partial charge in [0.2, 0.25) is 0 Å². The van der Waals surface area contributed by atoms with Crippen molar-refractivity contribution in [2.45, 2.75) is 0 Å². The van der Waals surface area contributed by atoms with Gasteiger partial charge in [-0.1, -0.05) is 0 Å². The average Bonchev–Trinajstić information content (AvgIpc) is 3.76. The molecule has 0 aliphatic heterocycles. The number of nitro groups is 4. The molecule has 0 aliphatic carbocycles. The fourth-order valence-electron chi connectivity index (χ4n) is 4.87. The maximum absolute atomic E-state index is 11.7. The second kappa shape index (κ2) is 17.2. The number of carboxylic acid groups (broad SMARTS) is 2. The van der Waals surface area contributed by atoms with Crippen molar-refractivity contribution in [2.24, 2.45) is 42.3 Å². The fourth-order valence-corrected chi connectivity index (χ4v) is 4.87. The first kappa shape index (κ1) is 43.7. The lowest BCUT2D eigenvalue weighted by Gasteiger charge is -2.02. The van der Waals surface area contributed by atoms with Crippen molar-refractivity contribution in [3.8, 4) is 0 Å². The van der Waals surface area contributed by atoms with Crippen LogP contribution in [0.2, 0.25) is 0 Å². The minimum atomic E-state index is -1.50. The molecule has 28 nitrogen and oxygen atoms in total. The van der Waals surface area contributed by atoms with Gasteiger partial charge in [0, 0.05) is 54.4 Å². The summed E-state index contributed by atoms with van der Waals surface area (Å²) in [7, 11) is 9.55. The number of nitrogens with zero attached hydrogens (tertiary/aromatic N) is 12. The van der Waals surface area contributed by atoms with Crippen molar-refractivity contribution in [2.75, 3.05) is 0 Å². The Bertz CT molecular complexity index is 2730. The second-order valence-corrected chi connectivity index (χ2v) is 11.5. The van der Waals surface area contributed by atoms with Gasteiger partial charge < -0.3 is 19.3 Å². The lowest BCUT2D eigenvalue weighted by atomic mass is 10.1. The standard InChI is InChI=1S/2C8H10N4O2.2C7H4N2O6/c2*1-10-4-9-6-5(10)7(13)12(3)8(14)11(6)2;2*10-7(11)5-2-1-4(8(12)13)3-6(5)9(14)15/h2*4H,1-3H3;2*1-3H,(H,10,11). The molecule has 0 atom stereocenters. The van der Waals surface area contributed by atoms with Gasteiger partial charge in [0.1, 0.15) is 11.1 Å². The van der Waals surface area contributed by atoms with Crippen LogP contribution in [0.15, 0.2) is 68.2 Å². The van der Waals surface area contributed by atoms with Gasteiger partial charge in [-0.05, 0) is 12.1 Å². The minimum Gasteiger partial charge on any atom is -0.477 e. The zero-order valence-electron chi connectivity index (χ0n) is 30.6.